The summed E-state index contributed by atoms with van der Waals surface area (Å²) in [5.41, 5.74) is 0.836. The quantitative estimate of drug-likeness (QED) is 0.785. The maximum absolute atomic E-state index is 12.3. The van der Waals surface area contributed by atoms with E-state index < -0.39 is 10.0 Å². The van der Waals surface area contributed by atoms with Crippen LogP contribution in [0.1, 0.15) is 36.6 Å². The number of sulfonamides is 1. The molecule has 0 aromatic carbocycles. The normalized spacial score (nSPS) is 12.3. The molecule has 4 nitrogen and oxygen atoms in total. The van der Waals surface area contributed by atoms with Gasteiger partial charge in [-0.25, -0.2) is 12.7 Å². The summed E-state index contributed by atoms with van der Waals surface area (Å²) in [5, 5.41) is 9.11. The first-order valence-electron chi connectivity index (χ1n) is 6.10. The van der Waals surface area contributed by atoms with Gasteiger partial charge in [-0.3, -0.25) is 0 Å². The predicted molar refractivity (Wildman–Crippen MR) is 74.3 cm³/mol. The summed E-state index contributed by atoms with van der Waals surface area (Å²) in [6.45, 7) is 4.34. The van der Waals surface area contributed by atoms with Crippen LogP contribution in [0.3, 0.4) is 0 Å². The Balaban J connectivity index is 2.84. The Morgan fingerprint density at radius 1 is 1.39 bits per heavy atom. The van der Waals surface area contributed by atoms with Gasteiger partial charge in [-0.05, 0) is 25.0 Å². The topological polar surface area (TPSA) is 57.6 Å². The van der Waals surface area contributed by atoms with E-state index in [9.17, 15) is 8.42 Å². The number of aliphatic hydroxyl groups is 1. The minimum absolute atomic E-state index is 0.106. The van der Waals surface area contributed by atoms with Crippen LogP contribution < -0.4 is 0 Å². The van der Waals surface area contributed by atoms with E-state index in [0.717, 1.165) is 41.0 Å². The number of thiophene rings is 1. The SMILES string of the molecule is CCCCCN(C)S(=O)(=O)c1cc(C)c(CO)s1. The van der Waals surface area contributed by atoms with Gasteiger partial charge in [0.25, 0.3) is 10.0 Å². The summed E-state index contributed by atoms with van der Waals surface area (Å²) >= 11 is 1.15. The van der Waals surface area contributed by atoms with E-state index in [2.05, 4.69) is 6.92 Å². The summed E-state index contributed by atoms with van der Waals surface area (Å²) in [5.74, 6) is 0. The zero-order valence-electron chi connectivity index (χ0n) is 11.1. The van der Waals surface area contributed by atoms with Gasteiger partial charge < -0.3 is 5.11 Å². The second kappa shape index (κ2) is 6.65. The number of hydrogen-bond acceptors (Lipinski definition) is 4. The van der Waals surface area contributed by atoms with Gasteiger partial charge in [0.1, 0.15) is 4.21 Å². The Morgan fingerprint density at radius 2 is 2.06 bits per heavy atom. The molecule has 0 bridgehead atoms. The van der Waals surface area contributed by atoms with Gasteiger partial charge in [-0.1, -0.05) is 19.8 Å². The van der Waals surface area contributed by atoms with Crippen LogP contribution >= 0.6 is 11.3 Å². The predicted octanol–water partition coefficient (Wildman–Crippen LogP) is 2.36. The smallest absolute Gasteiger partial charge is 0.252 e. The van der Waals surface area contributed by atoms with Crippen molar-refractivity contribution < 1.29 is 13.5 Å². The lowest BCUT2D eigenvalue weighted by Crippen LogP contribution is -2.27. The minimum atomic E-state index is -3.39. The summed E-state index contributed by atoms with van der Waals surface area (Å²) in [4.78, 5) is 0.718. The fourth-order valence-corrected chi connectivity index (χ4v) is 4.50. The molecule has 0 aliphatic rings. The van der Waals surface area contributed by atoms with E-state index in [0.29, 0.717) is 10.8 Å². The number of hydrogen-bond donors (Lipinski definition) is 1. The van der Waals surface area contributed by atoms with Crippen LogP contribution in [-0.2, 0) is 16.6 Å². The van der Waals surface area contributed by atoms with E-state index in [1.54, 1.807) is 13.1 Å². The third kappa shape index (κ3) is 3.54. The Kier molecular flexibility index (Phi) is 5.78. The molecule has 0 saturated carbocycles. The van der Waals surface area contributed by atoms with Gasteiger partial charge in [0.15, 0.2) is 0 Å². The van der Waals surface area contributed by atoms with Crippen LogP contribution in [0, 0.1) is 6.92 Å². The zero-order chi connectivity index (χ0) is 13.8. The molecule has 0 aliphatic carbocycles. The number of aliphatic hydroxyl groups excluding tert-OH is 1. The van der Waals surface area contributed by atoms with E-state index in [1.165, 1.54) is 4.31 Å². The van der Waals surface area contributed by atoms with E-state index in [4.69, 9.17) is 5.11 Å². The van der Waals surface area contributed by atoms with Crippen molar-refractivity contribution in [2.45, 2.75) is 43.9 Å². The fraction of sp³-hybridized carbons (Fsp3) is 0.667. The molecule has 104 valence electrons. The van der Waals surface area contributed by atoms with Gasteiger partial charge in [0, 0.05) is 18.5 Å². The molecule has 0 unspecified atom stereocenters. The van der Waals surface area contributed by atoms with Crippen LogP contribution in [0.25, 0.3) is 0 Å². The largest absolute Gasteiger partial charge is 0.391 e. The first kappa shape index (κ1) is 15.6. The van der Waals surface area contributed by atoms with Crippen molar-refractivity contribution in [3.05, 3.63) is 16.5 Å². The van der Waals surface area contributed by atoms with Crippen molar-refractivity contribution >= 4 is 21.4 Å². The fourth-order valence-electron chi connectivity index (χ4n) is 1.63. The lowest BCUT2D eigenvalue weighted by atomic mass is 10.2. The molecule has 6 heteroatoms. The standard InChI is InChI=1S/C12H21NO3S2/c1-4-5-6-7-13(3)18(15,16)12-8-10(2)11(9-14)17-12/h8,14H,4-7,9H2,1-3H3. The highest BCUT2D eigenvalue weighted by molar-refractivity contribution is 7.91. The van der Waals surface area contributed by atoms with Crippen LogP contribution in [0.2, 0.25) is 0 Å². The molecular weight excluding hydrogens is 270 g/mol. The molecule has 1 heterocycles. The number of rotatable bonds is 7. The first-order chi connectivity index (χ1) is 8.43. The second-order valence-corrected chi connectivity index (χ2v) is 7.77. The van der Waals surface area contributed by atoms with Gasteiger partial charge in [0.05, 0.1) is 6.61 Å². The molecule has 0 atom stereocenters. The summed E-state index contributed by atoms with van der Waals surface area (Å²) < 4.78 is 26.2. The third-order valence-electron chi connectivity index (χ3n) is 2.88. The van der Waals surface area contributed by atoms with Gasteiger partial charge in [0.2, 0.25) is 0 Å². The van der Waals surface area contributed by atoms with Crippen molar-refractivity contribution in [3.8, 4) is 0 Å². The molecule has 1 aromatic rings. The number of nitrogens with zero attached hydrogens (tertiary/aromatic N) is 1. The van der Waals surface area contributed by atoms with Crippen LogP contribution in [-0.4, -0.2) is 31.4 Å². The highest BCUT2D eigenvalue weighted by Crippen LogP contribution is 2.28. The van der Waals surface area contributed by atoms with Crippen molar-refractivity contribution in [3.63, 3.8) is 0 Å². The average molecular weight is 291 g/mol. The summed E-state index contributed by atoms with van der Waals surface area (Å²) in [7, 11) is -1.78. The molecule has 1 rings (SSSR count). The Labute approximate surface area is 113 Å². The summed E-state index contributed by atoms with van der Waals surface area (Å²) in [6, 6.07) is 1.64. The molecule has 1 aromatic heterocycles. The zero-order valence-corrected chi connectivity index (χ0v) is 12.8. The molecular formula is C12H21NO3S2. The Bertz CT molecular complexity index is 480. The van der Waals surface area contributed by atoms with Crippen molar-refractivity contribution in [1.29, 1.82) is 0 Å². The molecule has 0 aliphatic heterocycles. The lowest BCUT2D eigenvalue weighted by Gasteiger charge is -2.15. The maximum Gasteiger partial charge on any atom is 0.252 e. The third-order valence-corrected chi connectivity index (χ3v) is 6.41. The molecule has 0 radical (unpaired) electrons. The maximum atomic E-state index is 12.3. The van der Waals surface area contributed by atoms with E-state index >= 15 is 0 Å². The lowest BCUT2D eigenvalue weighted by molar-refractivity contribution is 0.285. The minimum Gasteiger partial charge on any atom is -0.391 e. The Morgan fingerprint density at radius 3 is 2.56 bits per heavy atom. The van der Waals surface area contributed by atoms with Gasteiger partial charge in [-0.2, -0.15) is 0 Å². The van der Waals surface area contributed by atoms with Crippen molar-refractivity contribution in [2.24, 2.45) is 0 Å². The number of unbranched alkanes of at least 4 members (excludes halogenated alkanes) is 2. The second-order valence-electron chi connectivity index (χ2n) is 4.36. The molecule has 0 fully saturated rings. The van der Waals surface area contributed by atoms with Crippen LogP contribution in [0.5, 0.6) is 0 Å². The van der Waals surface area contributed by atoms with Gasteiger partial charge >= 0.3 is 0 Å². The van der Waals surface area contributed by atoms with Crippen LogP contribution in [0.15, 0.2) is 10.3 Å². The van der Waals surface area contributed by atoms with Crippen LogP contribution in [0.4, 0.5) is 0 Å². The van der Waals surface area contributed by atoms with Crippen molar-refractivity contribution in [2.75, 3.05) is 13.6 Å². The first-order valence-corrected chi connectivity index (χ1v) is 8.35. The highest BCUT2D eigenvalue weighted by atomic mass is 32.2. The van der Waals surface area contributed by atoms with Gasteiger partial charge in [-0.15, -0.1) is 11.3 Å². The Hall–Kier alpha value is -0.430. The van der Waals surface area contributed by atoms with Crippen molar-refractivity contribution in [1.82, 2.24) is 4.31 Å². The molecule has 0 amide bonds. The average Bonchev–Trinajstić information content (AvgIpc) is 2.71. The highest BCUT2D eigenvalue weighted by Gasteiger charge is 2.23. The summed E-state index contributed by atoms with van der Waals surface area (Å²) in [6.07, 6.45) is 2.98. The van der Waals surface area contributed by atoms with E-state index in [-0.39, 0.29) is 6.61 Å². The molecule has 0 saturated heterocycles. The monoisotopic (exact) mass is 291 g/mol. The van der Waals surface area contributed by atoms with E-state index in [1.807, 2.05) is 6.92 Å². The molecule has 18 heavy (non-hydrogen) atoms. The number of aryl methyl sites for hydroxylation is 1. The molecule has 1 N–H and O–H groups in total. The molecule has 0 spiro atoms.